The van der Waals surface area contributed by atoms with Crippen LogP contribution in [-0.4, -0.2) is 0 Å². The van der Waals surface area contributed by atoms with Crippen molar-refractivity contribution in [3.05, 3.63) is 34.9 Å². The lowest BCUT2D eigenvalue weighted by molar-refractivity contribution is 0.442. The van der Waals surface area contributed by atoms with Gasteiger partial charge in [-0.3, -0.25) is 0 Å². The molecular weight excluding hydrogens is 212 g/mol. The molecule has 0 amide bonds. The normalized spacial score (nSPS) is 8.60. The lowest BCUT2D eigenvalue weighted by Gasteiger charge is -2.01. The van der Waals surface area contributed by atoms with Gasteiger partial charge in [-0.05, 0) is 0 Å². The zero-order chi connectivity index (χ0) is 12.0. The van der Waals surface area contributed by atoms with E-state index >= 15 is 0 Å². The van der Waals surface area contributed by atoms with E-state index in [1.165, 1.54) is 6.07 Å². The molecule has 0 aliphatic carbocycles. The first-order chi connectivity index (χ1) is 7.07. The van der Waals surface area contributed by atoms with Crippen LogP contribution in [0.15, 0.2) is 6.07 Å². The predicted molar refractivity (Wildman–Crippen MR) is 42.3 cm³/mol. The van der Waals surface area contributed by atoms with Gasteiger partial charge in [0.1, 0.15) is 0 Å². The highest BCUT2D eigenvalue weighted by atomic mass is 19.2. The van der Waals surface area contributed by atoms with Gasteiger partial charge in [0.2, 0.25) is 0 Å². The highest BCUT2D eigenvalue weighted by Crippen LogP contribution is 2.19. The molecule has 0 radical (unpaired) electrons. The van der Waals surface area contributed by atoms with E-state index in [9.17, 15) is 17.6 Å². The van der Waals surface area contributed by atoms with Crippen molar-refractivity contribution in [1.29, 1.82) is 10.5 Å². The van der Waals surface area contributed by atoms with Crippen molar-refractivity contribution in [3.8, 4) is 12.6 Å². The Bertz CT molecular complexity index is 394. The van der Waals surface area contributed by atoms with E-state index in [0.29, 0.717) is 0 Å². The van der Waals surface area contributed by atoms with Crippen molar-refractivity contribution in [2.45, 2.75) is 6.42 Å². The summed E-state index contributed by atoms with van der Waals surface area (Å²) in [6.45, 7) is 3.50. The molecule has 0 N–H and O–H groups in total. The molecule has 0 aliphatic heterocycles. The van der Waals surface area contributed by atoms with Crippen molar-refractivity contribution in [1.82, 2.24) is 0 Å². The summed E-state index contributed by atoms with van der Waals surface area (Å²) in [7, 11) is 0. The minimum absolute atomic E-state index is 0.103. The molecule has 1 aromatic carbocycles. The summed E-state index contributed by atoms with van der Waals surface area (Å²) in [4.78, 5) is 0. The lowest BCUT2D eigenvalue weighted by Crippen LogP contribution is -2.01. The minimum atomic E-state index is -1.51. The summed E-state index contributed by atoms with van der Waals surface area (Å²) in [6, 6.07) is 1.51. The second-order valence-electron chi connectivity index (χ2n) is 2.28. The smallest absolute Gasteiger partial charge is 0.166 e. The molecule has 0 saturated carbocycles. The van der Waals surface area contributed by atoms with Crippen molar-refractivity contribution < 1.29 is 17.6 Å². The SMILES string of the molecule is C#N.N#CCc1c(F)c(F)cc(F)c1F. The molecule has 0 fully saturated rings. The number of nitrogens with zero attached hydrogens (tertiary/aromatic N) is 2. The van der Waals surface area contributed by atoms with E-state index in [-0.39, 0.29) is 6.07 Å². The van der Waals surface area contributed by atoms with Crippen LogP contribution in [0.2, 0.25) is 0 Å². The first-order valence-electron chi connectivity index (χ1n) is 3.52. The van der Waals surface area contributed by atoms with E-state index in [1.807, 2.05) is 0 Å². The number of rotatable bonds is 1. The van der Waals surface area contributed by atoms with E-state index in [1.54, 1.807) is 0 Å². The van der Waals surface area contributed by atoms with Gasteiger partial charge in [-0.1, -0.05) is 0 Å². The Morgan fingerprint density at radius 3 is 1.80 bits per heavy atom. The topological polar surface area (TPSA) is 47.6 Å². The van der Waals surface area contributed by atoms with E-state index in [2.05, 4.69) is 6.57 Å². The third-order valence-corrected chi connectivity index (χ3v) is 1.46. The van der Waals surface area contributed by atoms with Gasteiger partial charge in [0.25, 0.3) is 0 Å². The number of nitriles is 2. The van der Waals surface area contributed by atoms with Crippen LogP contribution in [0, 0.1) is 46.4 Å². The molecule has 0 aromatic heterocycles. The molecule has 0 aliphatic rings. The average molecular weight is 216 g/mol. The Balaban J connectivity index is 0.000000921. The van der Waals surface area contributed by atoms with Crippen LogP contribution >= 0.6 is 0 Å². The maximum absolute atomic E-state index is 12.7. The quantitative estimate of drug-likeness (QED) is 0.534. The fourth-order valence-corrected chi connectivity index (χ4v) is 0.857. The average Bonchev–Trinajstić information content (AvgIpc) is 2.24. The number of benzene rings is 1. The van der Waals surface area contributed by atoms with Crippen LogP contribution in [0.25, 0.3) is 0 Å². The maximum atomic E-state index is 12.7. The molecule has 15 heavy (non-hydrogen) atoms. The summed E-state index contributed by atoms with van der Waals surface area (Å²) >= 11 is 0. The molecule has 1 aromatic rings. The van der Waals surface area contributed by atoms with Gasteiger partial charge in [0, 0.05) is 18.2 Å². The molecular formula is C9H4F4N2. The molecule has 1 rings (SSSR count). The van der Waals surface area contributed by atoms with E-state index in [0.717, 1.165) is 0 Å². The Labute approximate surface area is 83.0 Å². The van der Waals surface area contributed by atoms with Crippen LogP contribution in [0.3, 0.4) is 0 Å². The maximum Gasteiger partial charge on any atom is 0.166 e. The van der Waals surface area contributed by atoms with Crippen molar-refractivity contribution >= 4 is 0 Å². The fraction of sp³-hybridized carbons (Fsp3) is 0.111. The standard InChI is InChI=1S/C8H3F4N.CHN/c9-5-3-6(10)8(12)4(1-2-13)7(5)11;1-2/h3H,1H2;1H. The van der Waals surface area contributed by atoms with Gasteiger partial charge in [-0.2, -0.15) is 5.26 Å². The van der Waals surface area contributed by atoms with Crippen LogP contribution < -0.4 is 0 Å². The summed E-state index contributed by atoms with van der Waals surface area (Å²) in [5.74, 6) is -6.02. The molecule has 0 atom stereocenters. The Morgan fingerprint density at radius 1 is 1.07 bits per heavy atom. The second-order valence-corrected chi connectivity index (χ2v) is 2.28. The fourth-order valence-electron chi connectivity index (χ4n) is 0.857. The van der Waals surface area contributed by atoms with Crippen LogP contribution in [0.1, 0.15) is 5.56 Å². The molecule has 0 spiro atoms. The first kappa shape index (κ1) is 12.9. The highest BCUT2D eigenvalue weighted by Gasteiger charge is 2.18. The Morgan fingerprint density at radius 2 is 1.47 bits per heavy atom. The summed E-state index contributed by atoms with van der Waals surface area (Å²) < 4.78 is 50.3. The molecule has 6 heteroatoms. The molecule has 0 bridgehead atoms. The van der Waals surface area contributed by atoms with Gasteiger partial charge in [-0.15, -0.1) is 0 Å². The molecule has 0 saturated heterocycles. The van der Waals surface area contributed by atoms with Gasteiger partial charge >= 0.3 is 0 Å². The van der Waals surface area contributed by atoms with Gasteiger partial charge in [-0.25, -0.2) is 22.8 Å². The molecule has 78 valence electrons. The van der Waals surface area contributed by atoms with E-state index < -0.39 is 35.3 Å². The molecule has 0 heterocycles. The Kier molecular flexibility index (Phi) is 4.83. The third kappa shape index (κ3) is 2.68. The van der Waals surface area contributed by atoms with Gasteiger partial charge in [0.05, 0.1) is 12.5 Å². The largest absolute Gasteiger partial charge is 0.204 e. The number of hydrogen-bond acceptors (Lipinski definition) is 2. The molecule has 2 nitrogen and oxygen atoms in total. The molecule has 0 unspecified atom stereocenters. The zero-order valence-electron chi connectivity index (χ0n) is 7.27. The lowest BCUT2D eigenvalue weighted by atomic mass is 10.1. The summed E-state index contributed by atoms with van der Waals surface area (Å²) in [5, 5.41) is 14.6. The van der Waals surface area contributed by atoms with Crippen LogP contribution in [0.4, 0.5) is 17.6 Å². The number of halogens is 4. The van der Waals surface area contributed by atoms with Crippen LogP contribution in [0.5, 0.6) is 0 Å². The van der Waals surface area contributed by atoms with E-state index in [4.69, 9.17) is 10.5 Å². The van der Waals surface area contributed by atoms with Gasteiger partial charge < -0.3 is 0 Å². The summed E-state index contributed by atoms with van der Waals surface area (Å²) in [6.07, 6.45) is -0.702. The second kappa shape index (κ2) is 5.61. The first-order valence-corrected chi connectivity index (χ1v) is 3.52. The highest BCUT2D eigenvalue weighted by molar-refractivity contribution is 5.24. The Hall–Kier alpha value is -2.08. The minimum Gasteiger partial charge on any atom is -0.204 e. The predicted octanol–water partition coefficient (Wildman–Crippen LogP) is 2.45. The number of hydrogen-bond donors (Lipinski definition) is 0. The van der Waals surface area contributed by atoms with Crippen molar-refractivity contribution in [3.63, 3.8) is 0 Å². The monoisotopic (exact) mass is 216 g/mol. The van der Waals surface area contributed by atoms with Gasteiger partial charge in [0.15, 0.2) is 23.3 Å². The zero-order valence-corrected chi connectivity index (χ0v) is 7.27. The van der Waals surface area contributed by atoms with Crippen LogP contribution in [-0.2, 0) is 6.42 Å². The van der Waals surface area contributed by atoms with Crippen molar-refractivity contribution in [2.24, 2.45) is 0 Å². The van der Waals surface area contributed by atoms with Crippen molar-refractivity contribution in [2.75, 3.05) is 0 Å². The summed E-state index contributed by atoms with van der Waals surface area (Å²) in [5.41, 5.74) is -0.875. The third-order valence-electron chi connectivity index (χ3n) is 1.46.